The molecule has 1 aromatic carbocycles. The van der Waals surface area contributed by atoms with Gasteiger partial charge >= 0.3 is 0 Å². The van der Waals surface area contributed by atoms with Gasteiger partial charge in [0.1, 0.15) is 0 Å². The molecule has 0 aromatic heterocycles. The van der Waals surface area contributed by atoms with Gasteiger partial charge in [0.15, 0.2) is 0 Å². The maximum absolute atomic E-state index is 11.7. The molecule has 0 unspecified atom stereocenters. The Labute approximate surface area is 100 Å². The molecule has 17 heavy (non-hydrogen) atoms. The number of nitrogens with one attached hydrogen (secondary N) is 2. The first-order valence-electron chi connectivity index (χ1n) is 5.56. The first-order chi connectivity index (χ1) is 8.19. The van der Waals surface area contributed by atoms with Gasteiger partial charge in [0.2, 0.25) is 5.91 Å². The number of para-hydroxylation sites is 1. The van der Waals surface area contributed by atoms with Gasteiger partial charge < -0.3 is 16.4 Å². The zero-order chi connectivity index (χ0) is 12.7. The lowest BCUT2D eigenvalue weighted by Crippen LogP contribution is -2.25. The third-order valence-electron chi connectivity index (χ3n) is 2.15. The summed E-state index contributed by atoms with van der Waals surface area (Å²) < 4.78 is 0. The molecule has 0 atom stereocenters. The summed E-state index contributed by atoms with van der Waals surface area (Å²) in [5.41, 5.74) is 6.26. The van der Waals surface area contributed by atoms with Crippen LogP contribution in [0.3, 0.4) is 0 Å². The molecule has 0 spiro atoms. The van der Waals surface area contributed by atoms with E-state index in [0.29, 0.717) is 17.8 Å². The van der Waals surface area contributed by atoms with E-state index in [0.717, 1.165) is 0 Å². The summed E-state index contributed by atoms with van der Waals surface area (Å²) in [6, 6.07) is 6.88. The minimum Gasteiger partial charge on any atom is -0.352 e. The van der Waals surface area contributed by atoms with Crippen LogP contribution in [0.25, 0.3) is 0 Å². The third kappa shape index (κ3) is 3.88. The predicted octanol–water partition coefficient (Wildman–Crippen LogP) is 0.724. The monoisotopic (exact) mass is 235 g/mol. The number of nitrogens with two attached hydrogens (primary N) is 1. The Morgan fingerprint density at radius 1 is 1.29 bits per heavy atom. The number of benzene rings is 1. The Morgan fingerprint density at radius 2 is 2.00 bits per heavy atom. The molecule has 5 heteroatoms. The lowest BCUT2D eigenvalue weighted by atomic mass is 10.1. The smallest absolute Gasteiger partial charge is 0.253 e. The fourth-order valence-electron chi connectivity index (χ4n) is 1.39. The molecule has 2 amide bonds. The number of carbonyl (C=O) groups is 2. The van der Waals surface area contributed by atoms with Crippen molar-refractivity contribution in [3.63, 3.8) is 0 Å². The van der Waals surface area contributed by atoms with Crippen molar-refractivity contribution in [3.8, 4) is 0 Å². The molecule has 92 valence electrons. The van der Waals surface area contributed by atoms with E-state index in [1.54, 1.807) is 24.3 Å². The van der Waals surface area contributed by atoms with Crippen LogP contribution in [-0.2, 0) is 4.79 Å². The van der Waals surface area contributed by atoms with Crippen molar-refractivity contribution in [3.05, 3.63) is 29.8 Å². The maximum atomic E-state index is 11.7. The van der Waals surface area contributed by atoms with Crippen LogP contribution >= 0.6 is 0 Å². The molecule has 4 N–H and O–H groups in total. The second-order valence-corrected chi connectivity index (χ2v) is 3.49. The summed E-state index contributed by atoms with van der Waals surface area (Å²) in [6.45, 7) is 2.67. The normalized spacial score (nSPS) is 9.76. The number of anilines is 1. The van der Waals surface area contributed by atoms with Crippen LogP contribution < -0.4 is 16.4 Å². The van der Waals surface area contributed by atoms with Crippen molar-refractivity contribution < 1.29 is 9.59 Å². The van der Waals surface area contributed by atoms with Crippen LogP contribution in [0.2, 0.25) is 0 Å². The molecule has 1 rings (SSSR count). The largest absolute Gasteiger partial charge is 0.352 e. The predicted molar refractivity (Wildman–Crippen MR) is 66.8 cm³/mol. The van der Waals surface area contributed by atoms with E-state index in [4.69, 9.17) is 5.73 Å². The molecule has 0 radical (unpaired) electrons. The van der Waals surface area contributed by atoms with E-state index < -0.39 is 0 Å². The maximum Gasteiger partial charge on any atom is 0.253 e. The van der Waals surface area contributed by atoms with E-state index >= 15 is 0 Å². The summed E-state index contributed by atoms with van der Waals surface area (Å²) in [6.07, 6.45) is 0.240. The minimum atomic E-state index is -0.198. The summed E-state index contributed by atoms with van der Waals surface area (Å²) in [5, 5.41) is 5.36. The van der Waals surface area contributed by atoms with E-state index in [2.05, 4.69) is 10.6 Å². The quantitative estimate of drug-likeness (QED) is 0.703. The average molecular weight is 235 g/mol. The Hall–Kier alpha value is -1.88. The third-order valence-corrected chi connectivity index (χ3v) is 2.15. The van der Waals surface area contributed by atoms with Gasteiger partial charge in [-0.2, -0.15) is 0 Å². The molecule has 0 fully saturated rings. The van der Waals surface area contributed by atoms with Crippen LogP contribution in [0.4, 0.5) is 5.69 Å². The van der Waals surface area contributed by atoms with Gasteiger partial charge in [-0.15, -0.1) is 0 Å². The Balaban J connectivity index is 2.84. The fraction of sp³-hybridized carbons (Fsp3) is 0.333. The lowest BCUT2D eigenvalue weighted by Gasteiger charge is -2.10. The first-order valence-corrected chi connectivity index (χ1v) is 5.56. The van der Waals surface area contributed by atoms with E-state index in [9.17, 15) is 9.59 Å². The first kappa shape index (κ1) is 13.2. The number of hydrogen-bond donors (Lipinski definition) is 3. The Morgan fingerprint density at radius 3 is 2.65 bits per heavy atom. The Kier molecular flexibility index (Phi) is 5.16. The van der Waals surface area contributed by atoms with Crippen LogP contribution in [0.15, 0.2) is 24.3 Å². The highest BCUT2D eigenvalue weighted by molar-refractivity contribution is 6.03. The molecule has 0 aliphatic rings. The molecule has 0 saturated heterocycles. The summed E-state index contributed by atoms with van der Waals surface area (Å²) >= 11 is 0. The van der Waals surface area contributed by atoms with Crippen LogP contribution in [-0.4, -0.2) is 24.9 Å². The number of amides is 2. The van der Waals surface area contributed by atoms with Gasteiger partial charge in [-0.25, -0.2) is 0 Å². The van der Waals surface area contributed by atoms with Crippen molar-refractivity contribution in [1.82, 2.24) is 5.32 Å². The standard InChI is InChI=1S/C12H17N3O2/c1-2-14-12(17)9-5-3-4-6-10(9)15-11(16)7-8-13/h3-6H,2,7-8,13H2,1H3,(H,14,17)(H,15,16). The SMILES string of the molecule is CCNC(=O)c1ccccc1NC(=O)CCN. The van der Waals surface area contributed by atoms with Crippen molar-refractivity contribution in [2.45, 2.75) is 13.3 Å². The average Bonchev–Trinajstić information content (AvgIpc) is 2.30. The molecule has 0 aliphatic heterocycles. The van der Waals surface area contributed by atoms with Gasteiger partial charge in [0, 0.05) is 19.5 Å². The molecule has 0 saturated carbocycles. The van der Waals surface area contributed by atoms with Gasteiger partial charge in [0.25, 0.3) is 5.91 Å². The highest BCUT2D eigenvalue weighted by Crippen LogP contribution is 2.14. The highest BCUT2D eigenvalue weighted by atomic mass is 16.2. The molecule has 5 nitrogen and oxygen atoms in total. The molecular formula is C12H17N3O2. The highest BCUT2D eigenvalue weighted by Gasteiger charge is 2.11. The number of carbonyl (C=O) groups excluding carboxylic acids is 2. The molecule has 1 aromatic rings. The summed E-state index contributed by atoms with van der Waals surface area (Å²) in [7, 11) is 0. The van der Waals surface area contributed by atoms with Crippen molar-refractivity contribution >= 4 is 17.5 Å². The van der Waals surface area contributed by atoms with E-state index in [1.165, 1.54) is 0 Å². The second-order valence-electron chi connectivity index (χ2n) is 3.49. The van der Waals surface area contributed by atoms with Crippen molar-refractivity contribution in [2.75, 3.05) is 18.4 Å². The molecule has 0 bridgehead atoms. The van der Waals surface area contributed by atoms with Crippen LogP contribution in [0, 0.1) is 0 Å². The van der Waals surface area contributed by atoms with Gasteiger partial charge in [0.05, 0.1) is 11.3 Å². The topological polar surface area (TPSA) is 84.2 Å². The zero-order valence-corrected chi connectivity index (χ0v) is 9.82. The van der Waals surface area contributed by atoms with E-state index in [-0.39, 0.29) is 24.8 Å². The van der Waals surface area contributed by atoms with Gasteiger partial charge in [-0.05, 0) is 19.1 Å². The number of hydrogen-bond acceptors (Lipinski definition) is 3. The summed E-state index contributed by atoms with van der Waals surface area (Å²) in [4.78, 5) is 23.1. The Bertz CT molecular complexity index is 404. The lowest BCUT2D eigenvalue weighted by molar-refractivity contribution is -0.116. The van der Waals surface area contributed by atoms with Gasteiger partial charge in [-0.3, -0.25) is 9.59 Å². The number of rotatable bonds is 5. The van der Waals surface area contributed by atoms with Crippen molar-refractivity contribution in [1.29, 1.82) is 0 Å². The van der Waals surface area contributed by atoms with Crippen LogP contribution in [0.5, 0.6) is 0 Å². The van der Waals surface area contributed by atoms with Crippen LogP contribution in [0.1, 0.15) is 23.7 Å². The second kappa shape index (κ2) is 6.65. The zero-order valence-electron chi connectivity index (χ0n) is 9.82. The van der Waals surface area contributed by atoms with E-state index in [1.807, 2.05) is 6.92 Å². The fourth-order valence-corrected chi connectivity index (χ4v) is 1.39. The molecule has 0 heterocycles. The van der Waals surface area contributed by atoms with Crippen molar-refractivity contribution in [2.24, 2.45) is 5.73 Å². The molecule has 0 aliphatic carbocycles. The van der Waals surface area contributed by atoms with Gasteiger partial charge in [-0.1, -0.05) is 12.1 Å². The summed E-state index contributed by atoms with van der Waals surface area (Å²) in [5.74, 6) is -0.389. The molecular weight excluding hydrogens is 218 g/mol. The minimum absolute atomic E-state index is 0.191.